The highest BCUT2D eigenvalue weighted by Crippen LogP contribution is 2.41. The molecule has 3 aliphatic heterocycles. The topological polar surface area (TPSA) is 66.3 Å². The highest BCUT2D eigenvalue weighted by molar-refractivity contribution is 5.93. The van der Waals surface area contributed by atoms with Gasteiger partial charge in [-0.15, -0.1) is 0 Å². The molecule has 2 aromatic heterocycles. The van der Waals surface area contributed by atoms with Gasteiger partial charge < -0.3 is 9.88 Å². The molecule has 2 bridgehead atoms. The molecule has 7 nitrogen and oxygen atoms in total. The van der Waals surface area contributed by atoms with Gasteiger partial charge in [0.2, 0.25) is 0 Å². The second-order valence-corrected chi connectivity index (χ2v) is 9.22. The molecule has 0 aromatic carbocycles. The Hall–Kier alpha value is -2.25. The third kappa shape index (κ3) is 3.88. The molecule has 30 heavy (non-hydrogen) atoms. The number of likely N-dealkylation sites (tertiary alicyclic amines) is 1. The Morgan fingerprint density at radius 2 is 2.00 bits per heavy atom. The van der Waals surface area contributed by atoms with Crippen LogP contribution in [0.1, 0.15) is 41.9 Å². The van der Waals surface area contributed by atoms with E-state index in [1.54, 1.807) is 24.5 Å². The lowest BCUT2D eigenvalue weighted by Crippen LogP contribution is -2.65. The predicted molar refractivity (Wildman–Crippen MR) is 115 cm³/mol. The molecular weight excluding hydrogens is 376 g/mol. The summed E-state index contributed by atoms with van der Waals surface area (Å²) in [5, 5.41) is 3.23. The molecule has 5 heterocycles. The summed E-state index contributed by atoms with van der Waals surface area (Å²) in [6.45, 7) is 5.07. The first kappa shape index (κ1) is 19.7. The van der Waals surface area contributed by atoms with Gasteiger partial charge in [-0.05, 0) is 49.8 Å². The zero-order chi connectivity index (χ0) is 20.5. The lowest BCUT2D eigenvalue weighted by Gasteiger charge is -2.56. The van der Waals surface area contributed by atoms with Gasteiger partial charge in [0.15, 0.2) is 0 Å². The molecule has 0 unspecified atom stereocenters. The van der Waals surface area contributed by atoms with Crippen LogP contribution in [-0.2, 0) is 13.6 Å². The van der Waals surface area contributed by atoms with Crippen LogP contribution in [0, 0.1) is 11.8 Å². The maximum atomic E-state index is 12.7. The molecular formula is C23H32N6O. The van der Waals surface area contributed by atoms with E-state index in [9.17, 15) is 4.79 Å². The molecule has 1 N–H and O–H groups in total. The van der Waals surface area contributed by atoms with E-state index >= 15 is 0 Å². The number of pyridine rings is 1. The van der Waals surface area contributed by atoms with Crippen molar-refractivity contribution in [3.63, 3.8) is 0 Å². The van der Waals surface area contributed by atoms with Crippen LogP contribution in [0.5, 0.6) is 0 Å². The number of fused-ring (bicyclic) bond motifs is 4. The van der Waals surface area contributed by atoms with Gasteiger partial charge in [-0.2, -0.15) is 0 Å². The second-order valence-electron chi connectivity index (χ2n) is 9.22. The summed E-state index contributed by atoms with van der Waals surface area (Å²) >= 11 is 0. The van der Waals surface area contributed by atoms with E-state index in [0.717, 1.165) is 31.4 Å². The Balaban J connectivity index is 1.31. The molecule has 4 atom stereocenters. The third-order valence-corrected chi connectivity index (χ3v) is 7.40. The number of nitrogens with one attached hydrogen (secondary N) is 1. The van der Waals surface area contributed by atoms with Crippen LogP contribution < -0.4 is 5.32 Å². The predicted octanol–water partition coefficient (Wildman–Crippen LogP) is 1.92. The van der Waals surface area contributed by atoms with Crippen molar-refractivity contribution in [3.05, 3.63) is 48.3 Å². The summed E-state index contributed by atoms with van der Waals surface area (Å²) in [5.41, 5.74) is 0.689. The number of carbonyl (C=O) groups is 1. The van der Waals surface area contributed by atoms with Crippen LogP contribution in [0.2, 0.25) is 0 Å². The number of amides is 1. The lowest BCUT2D eigenvalue weighted by molar-refractivity contribution is -0.0723. The van der Waals surface area contributed by atoms with Crippen molar-refractivity contribution in [1.82, 2.24) is 29.7 Å². The molecule has 0 spiro atoms. The first-order valence-electron chi connectivity index (χ1n) is 11.3. The van der Waals surface area contributed by atoms with E-state index in [1.807, 2.05) is 12.4 Å². The fourth-order valence-corrected chi connectivity index (χ4v) is 5.97. The average molecular weight is 409 g/mol. The minimum Gasteiger partial charge on any atom is -0.350 e. The molecule has 2 aromatic rings. The van der Waals surface area contributed by atoms with Gasteiger partial charge in [-0.3, -0.25) is 19.6 Å². The van der Waals surface area contributed by atoms with Crippen molar-refractivity contribution in [1.29, 1.82) is 0 Å². The van der Waals surface area contributed by atoms with Crippen LogP contribution in [-0.4, -0.2) is 68.5 Å². The monoisotopic (exact) mass is 408 g/mol. The summed E-state index contributed by atoms with van der Waals surface area (Å²) in [4.78, 5) is 26.6. The minimum atomic E-state index is 0.00811. The number of imidazole rings is 1. The standard InChI is InChI=1S/C23H32N6O/c1-27-11-9-25-22(27)16-28-14-18-12-19(15-28)21(29-10-3-2-4-20(18)29)13-26-23(30)17-5-7-24-8-6-17/h5-9,11,18-21H,2-4,10,12-16H2,1H3,(H,26,30)/t18-,19+,20+,21+/m1/s1. The maximum Gasteiger partial charge on any atom is 0.251 e. The van der Waals surface area contributed by atoms with Gasteiger partial charge in [0.1, 0.15) is 5.82 Å². The Kier molecular flexibility index (Phi) is 5.56. The third-order valence-electron chi connectivity index (χ3n) is 7.40. The van der Waals surface area contributed by atoms with Crippen molar-refractivity contribution in [2.45, 2.75) is 44.3 Å². The summed E-state index contributed by atoms with van der Waals surface area (Å²) in [7, 11) is 2.08. The highest BCUT2D eigenvalue weighted by atomic mass is 16.1. The zero-order valence-corrected chi connectivity index (χ0v) is 17.8. The fourth-order valence-electron chi connectivity index (χ4n) is 5.97. The van der Waals surface area contributed by atoms with E-state index < -0.39 is 0 Å². The van der Waals surface area contributed by atoms with Crippen LogP contribution >= 0.6 is 0 Å². The molecule has 3 aliphatic rings. The first-order chi connectivity index (χ1) is 14.7. The molecule has 0 saturated carbocycles. The highest BCUT2D eigenvalue weighted by Gasteiger charge is 2.47. The minimum absolute atomic E-state index is 0.00811. The van der Waals surface area contributed by atoms with E-state index in [-0.39, 0.29) is 5.91 Å². The smallest absolute Gasteiger partial charge is 0.251 e. The SMILES string of the molecule is Cn1ccnc1CN1C[C@H]2C[C@@H](C1)[C@H](CNC(=O)c1ccncc1)N1CCCC[C@@H]21. The normalized spacial score (nSPS) is 29.4. The molecule has 7 heteroatoms. The summed E-state index contributed by atoms with van der Waals surface area (Å²) in [5.74, 6) is 2.47. The molecule has 1 amide bonds. The molecule has 3 fully saturated rings. The Labute approximate surface area is 178 Å². The number of nitrogens with zero attached hydrogens (tertiary/aromatic N) is 5. The number of aryl methyl sites for hydroxylation is 1. The summed E-state index contributed by atoms with van der Waals surface area (Å²) < 4.78 is 2.13. The summed E-state index contributed by atoms with van der Waals surface area (Å²) in [6, 6.07) is 4.64. The Morgan fingerprint density at radius 3 is 2.80 bits per heavy atom. The number of hydrogen-bond acceptors (Lipinski definition) is 5. The van der Waals surface area contributed by atoms with Crippen molar-refractivity contribution >= 4 is 5.91 Å². The second kappa shape index (κ2) is 8.47. The van der Waals surface area contributed by atoms with Crippen molar-refractivity contribution in [3.8, 4) is 0 Å². The van der Waals surface area contributed by atoms with Gasteiger partial charge in [-0.25, -0.2) is 4.98 Å². The molecule has 0 radical (unpaired) electrons. The van der Waals surface area contributed by atoms with Gasteiger partial charge in [0.25, 0.3) is 5.91 Å². The number of carbonyl (C=O) groups excluding carboxylic acids is 1. The van der Waals surface area contributed by atoms with Crippen LogP contribution in [0.25, 0.3) is 0 Å². The van der Waals surface area contributed by atoms with Gasteiger partial charge in [-0.1, -0.05) is 6.42 Å². The van der Waals surface area contributed by atoms with E-state index in [2.05, 4.69) is 36.7 Å². The quantitative estimate of drug-likeness (QED) is 0.819. The molecule has 5 rings (SSSR count). The Morgan fingerprint density at radius 1 is 1.17 bits per heavy atom. The van der Waals surface area contributed by atoms with Crippen LogP contribution in [0.15, 0.2) is 36.9 Å². The van der Waals surface area contributed by atoms with Gasteiger partial charge >= 0.3 is 0 Å². The molecule has 0 aliphatic carbocycles. The maximum absolute atomic E-state index is 12.7. The van der Waals surface area contributed by atoms with Crippen molar-refractivity contribution in [2.75, 3.05) is 26.2 Å². The van der Waals surface area contributed by atoms with Crippen molar-refractivity contribution < 1.29 is 4.79 Å². The van der Waals surface area contributed by atoms with E-state index in [1.165, 1.54) is 38.8 Å². The number of hydrogen-bond donors (Lipinski definition) is 1. The summed E-state index contributed by atoms with van der Waals surface area (Å²) in [6.07, 6.45) is 12.5. The zero-order valence-electron chi connectivity index (χ0n) is 17.8. The Bertz CT molecular complexity index is 868. The van der Waals surface area contributed by atoms with Crippen LogP contribution in [0.3, 0.4) is 0 Å². The fraction of sp³-hybridized carbons (Fsp3) is 0.609. The number of rotatable bonds is 5. The number of piperidine rings is 3. The first-order valence-corrected chi connectivity index (χ1v) is 11.3. The van der Waals surface area contributed by atoms with Gasteiger partial charge in [0, 0.05) is 69.1 Å². The number of aromatic nitrogens is 3. The van der Waals surface area contributed by atoms with E-state index in [0.29, 0.717) is 23.6 Å². The largest absolute Gasteiger partial charge is 0.350 e. The lowest BCUT2D eigenvalue weighted by atomic mass is 9.72. The molecule has 160 valence electrons. The molecule has 3 saturated heterocycles. The van der Waals surface area contributed by atoms with E-state index in [4.69, 9.17) is 0 Å². The van der Waals surface area contributed by atoms with Crippen molar-refractivity contribution in [2.24, 2.45) is 18.9 Å². The van der Waals surface area contributed by atoms with Crippen LogP contribution in [0.4, 0.5) is 0 Å². The average Bonchev–Trinajstić information content (AvgIpc) is 3.18. The van der Waals surface area contributed by atoms with Gasteiger partial charge in [0.05, 0.1) is 6.54 Å².